The van der Waals surface area contributed by atoms with Gasteiger partial charge in [-0.05, 0) is 36.8 Å². The van der Waals surface area contributed by atoms with Crippen molar-refractivity contribution in [2.75, 3.05) is 11.9 Å². The van der Waals surface area contributed by atoms with Crippen LogP contribution < -0.4 is 15.4 Å². The lowest BCUT2D eigenvalue weighted by Gasteiger charge is -2.22. The average molecular weight is 407 g/mol. The Labute approximate surface area is 163 Å². The van der Waals surface area contributed by atoms with Crippen LogP contribution in [0.15, 0.2) is 54.6 Å². The highest BCUT2D eigenvalue weighted by atomic mass is 19.4. The van der Waals surface area contributed by atoms with Crippen LogP contribution in [0, 0.1) is 0 Å². The van der Waals surface area contributed by atoms with Gasteiger partial charge >= 0.3 is 12.4 Å². The van der Waals surface area contributed by atoms with Crippen LogP contribution in [0.5, 0.6) is 5.75 Å². The topological polar surface area (TPSA) is 87.7 Å². The number of hydrogen-bond acceptors (Lipinski definition) is 4. The second-order valence-electron chi connectivity index (χ2n) is 6.43. The molecule has 7 nitrogen and oxygen atoms in total. The van der Waals surface area contributed by atoms with Crippen LogP contribution in [0.3, 0.4) is 0 Å². The van der Waals surface area contributed by atoms with Crippen molar-refractivity contribution in [3.63, 3.8) is 0 Å². The van der Waals surface area contributed by atoms with Gasteiger partial charge < -0.3 is 15.4 Å². The molecule has 1 aliphatic heterocycles. The Balaban J connectivity index is 1.65. The Morgan fingerprint density at radius 1 is 1.10 bits per heavy atom. The number of ether oxygens (including phenoxy) is 1. The smallest absolute Gasteiger partial charge is 0.406 e. The van der Waals surface area contributed by atoms with Gasteiger partial charge in [-0.15, -0.1) is 13.2 Å². The molecule has 2 N–H and O–H groups in total. The molecule has 0 unspecified atom stereocenters. The number of nitrogens with zero attached hydrogens (tertiary/aromatic N) is 1. The quantitative estimate of drug-likeness (QED) is 0.746. The number of anilines is 1. The summed E-state index contributed by atoms with van der Waals surface area (Å²) in [5, 5.41) is 5.00. The molecule has 0 bridgehead atoms. The summed E-state index contributed by atoms with van der Waals surface area (Å²) in [7, 11) is 0. The SMILES string of the molecule is C[C@@]1(c2ccccc2)NC(=O)N(CC(=O)Nc2ccc(OC(F)(F)F)cc2)C1=O. The van der Waals surface area contributed by atoms with E-state index in [2.05, 4.69) is 15.4 Å². The van der Waals surface area contributed by atoms with Crippen LogP contribution in [-0.4, -0.2) is 35.7 Å². The molecule has 1 heterocycles. The summed E-state index contributed by atoms with van der Waals surface area (Å²) in [5.41, 5.74) is -0.543. The molecule has 29 heavy (non-hydrogen) atoms. The molecule has 4 amide bonds. The molecule has 1 aliphatic rings. The molecular formula is C19H16F3N3O4. The molecule has 1 atom stereocenters. The standard InChI is InChI=1S/C19H16F3N3O4/c1-18(12-5-3-2-4-6-12)16(27)25(17(28)24-18)11-15(26)23-13-7-9-14(10-8-13)29-19(20,21)22/h2-10H,11H2,1H3,(H,23,26)(H,24,28)/t18-/m0/s1. The van der Waals surface area contributed by atoms with E-state index in [1.807, 2.05) is 0 Å². The number of benzene rings is 2. The third-order valence-electron chi connectivity index (χ3n) is 4.30. The number of hydrogen-bond donors (Lipinski definition) is 2. The first-order valence-corrected chi connectivity index (χ1v) is 8.44. The van der Waals surface area contributed by atoms with Crippen LogP contribution >= 0.6 is 0 Å². The average Bonchev–Trinajstić information content (AvgIpc) is 2.87. The Kier molecular flexibility index (Phi) is 5.19. The van der Waals surface area contributed by atoms with Crippen LogP contribution in [-0.2, 0) is 15.1 Å². The third kappa shape index (κ3) is 4.48. The van der Waals surface area contributed by atoms with E-state index in [9.17, 15) is 27.6 Å². The summed E-state index contributed by atoms with van der Waals surface area (Å²) in [5.74, 6) is -1.71. The molecule has 2 aromatic rings. The van der Waals surface area contributed by atoms with E-state index < -0.39 is 42.0 Å². The van der Waals surface area contributed by atoms with E-state index in [-0.39, 0.29) is 5.69 Å². The van der Waals surface area contributed by atoms with Crippen LogP contribution in [0.1, 0.15) is 12.5 Å². The van der Waals surface area contributed by atoms with Crippen molar-refractivity contribution in [1.82, 2.24) is 10.2 Å². The van der Waals surface area contributed by atoms with E-state index in [4.69, 9.17) is 0 Å². The molecule has 0 aromatic heterocycles. The number of carbonyl (C=O) groups excluding carboxylic acids is 3. The van der Waals surface area contributed by atoms with Crippen molar-refractivity contribution < 1.29 is 32.3 Å². The number of amides is 4. The van der Waals surface area contributed by atoms with Gasteiger partial charge in [0.25, 0.3) is 5.91 Å². The summed E-state index contributed by atoms with van der Waals surface area (Å²) >= 11 is 0. The van der Waals surface area contributed by atoms with Crippen molar-refractivity contribution in [1.29, 1.82) is 0 Å². The van der Waals surface area contributed by atoms with Crippen molar-refractivity contribution in [2.24, 2.45) is 0 Å². The fraction of sp³-hybridized carbons (Fsp3) is 0.211. The molecular weight excluding hydrogens is 391 g/mol. The number of urea groups is 1. The first-order valence-electron chi connectivity index (χ1n) is 8.44. The van der Waals surface area contributed by atoms with Gasteiger partial charge in [0.15, 0.2) is 0 Å². The molecule has 0 spiro atoms. The number of halogens is 3. The Morgan fingerprint density at radius 2 is 1.72 bits per heavy atom. The summed E-state index contributed by atoms with van der Waals surface area (Å²) in [6.45, 7) is 0.994. The minimum atomic E-state index is -4.82. The molecule has 3 rings (SSSR count). The fourth-order valence-corrected chi connectivity index (χ4v) is 2.89. The Hall–Kier alpha value is -3.56. The van der Waals surface area contributed by atoms with Crippen LogP contribution in [0.2, 0.25) is 0 Å². The molecule has 0 radical (unpaired) electrons. The molecule has 152 valence electrons. The third-order valence-corrected chi connectivity index (χ3v) is 4.30. The minimum Gasteiger partial charge on any atom is -0.406 e. The van der Waals surface area contributed by atoms with Gasteiger partial charge in [-0.25, -0.2) is 4.79 Å². The highest BCUT2D eigenvalue weighted by Crippen LogP contribution is 2.28. The summed E-state index contributed by atoms with van der Waals surface area (Å²) < 4.78 is 40.3. The van der Waals surface area contributed by atoms with E-state index in [0.717, 1.165) is 17.0 Å². The van der Waals surface area contributed by atoms with E-state index in [0.29, 0.717) is 5.56 Å². The van der Waals surface area contributed by atoms with Gasteiger partial charge in [0.1, 0.15) is 17.8 Å². The zero-order chi connectivity index (χ0) is 21.2. The van der Waals surface area contributed by atoms with Crippen molar-refractivity contribution in [3.8, 4) is 5.75 Å². The maximum Gasteiger partial charge on any atom is 0.573 e. The Morgan fingerprint density at radius 3 is 2.31 bits per heavy atom. The summed E-state index contributed by atoms with van der Waals surface area (Å²) in [6.07, 6.45) is -4.82. The number of imide groups is 1. The fourth-order valence-electron chi connectivity index (χ4n) is 2.89. The number of carbonyl (C=O) groups is 3. The second-order valence-corrected chi connectivity index (χ2v) is 6.43. The highest BCUT2D eigenvalue weighted by molar-refractivity contribution is 6.10. The molecule has 1 saturated heterocycles. The van der Waals surface area contributed by atoms with Crippen LogP contribution in [0.25, 0.3) is 0 Å². The lowest BCUT2D eigenvalue weighted by molar-refractivity contribution is -0.274. The highest BCUT2D eigenvalue weighted by Gasteiger charge is 2.49. The largest absolute Gasteiger partial charge is 0.573 e. The molecule has 1 fully saturated rings. The zero-order valence-corrected chi connectivity index (χ0v) is 15.1. The predicted octanol–water partition coefficient (Wildman–Crippen LogP) is 2.99. The van der Waals surface area contributed by atoms with Crippen molar-refractivity contribution in [2.45, 2.75) is 18.8 Å². The molecule has 0 aliphatic carbocycles. The van der Waals surface area contributed by atoms with Crippen LogP contribution in [0.4, 0.5) is 23.7 Å². The minimum absolute atomic E-state index is 0.183. The summed E-state index contributed by atoms with van der Waals surface area (Å²) in [4.78, 5) is 38.0. The number of nitrogens with one attached hydrogen (secondary N) is 2. The van der Waals surface area contributed by atoms with Crippen molar-refractivity contribution >= 4 is 23.5 Å². The number of rotatable bonds is 5. The van der Waals surface area contributed by atoms with Gasteiger partial charge in [-0.3, -0.25) is 14.5 Å². The van der Waals surface area contributed by atoms with Gasteiger partial charge in [0, 0.05) is 5.69 Å². The van der Waals surface area contributed by atoms with Gasteiger partial charge in [0.2, 0.25) is 5.91 Å². The zero-order valence-electron chi connectivity index (χ0n) is 15.1. The normalized spacial score (nSPS) is 19.1. The van der Waals surface area contributed by atoms with E-state index in [1.54, 1.807) is 37.3 Å². The first-order chi connectivity index (χ1) is 13.6. The van der Waals surface area contributed by atoms with E-state index >= 15 is 0 Å². The maximum atomic E-state index is 12.7. The van der Waals surface area contributed by atoms with Gasteiger partial charge in [-0.1, -0.05) is 30.3 Å². The molecule has 10 heteroatoms. The van der Waals surface area contributed by atoms with Gasteiger partial charge in [0.05, 0.1) is 0 Å². The maximum absolute atomic E-state index is 12.7. The van der Waals surface area contributed by atoms with Crippen molar-refractivity contribution in [3.05, 3.63) is 60.2 Å². The Bertz CT molecular complexity index is 932. The number of alkyl halides is 3. The predicted molar refractivity (Wildman–Crippen MR) is 95.8 cm³/mol. The summed E-state index contributed by atoms with van der Waals surface area (Å²) in [6, 6.07) is 12.3. The molecule has 2 aromatic carbocycles. The van der Waals surface area contributed by atoms with Gasteiger partial charge in [-0.2, -0.15) is 0 Å². The lowest BCUT2D eigenvalue weighted by Crippen LogP contribution is -2.42. The first kappa shape index (κ1) is 20.2. The lowest BCUT2D eigenvalue weighted by atomic mass is 9.92. The molecule has 0 saturated carbocycles. The second kappa shape index (κ2) is 7.46. The van der Waals surface area contributed by atoms with E-state index in [1.165, 1.54) is 12.1 Å². The monoisotopic (exact) mass is 407 g/mol.